The predicted molar refractivity (Wildman–Crippen MR) is 122 cm³/mol. The van der Waals surface area contributed by atoms with Gasteiger partial charge in [-0.25, -0.2) is 9.97 Å². The van der Waals surface area contributed by atoms with Crippen LogP contribution in [0.2, 0.25) is 0 Å². The maximum Gasteiger partial charge on any atom is 0.255 e. The van der Waals surface area contributed by atoms with E-state index in [9.17, 15) is 4.79 Å². The van der Waals surface area contributed by atoms with Crippen molar-refractivity contribution >= 4 is 17.4 Å². The highest BCUT2D eigenvalue weighted by atomic mass is 16.2. The van der Waals surface area contributed by atoms with Crippen molar-refractivity contribution in [3.05, 3.63) is 83.7 Å². The third-order valence-corrected chi connectivity index (χ3v) is 5.52. The van der Waals surface area contributed by atoms with Gasteiger partial charge in [-0.15, -0.1) is 0 Å². The minimum atomic E-state index is -0.0183. The number of aryl methyl sites for hydroxylation is 2. The van der Waals surface area contributed by atoms with E-state index in [0.717, 1.165) is 35.0 Å². The number of nitrogens with zero attached hydrogens (tertiary/aromatic N) is 6. The van der Waals surface area contributed by atoms with Gasteiger partial charge in [-0.3, -0.25) is 9.20 Å². The zero-order chi connectivity index (χ0) is 22.0. The molecule has 7 nitrogen and oxygen atoms in total. The fourth-order valence-electron chi connectivity index (χ4n) is 3.83. The molecule has 4 aromatic rings. The summed E-state index contributed by atoms with van der Waals surface area (Å²) >= 11 is 0. The Kier molecular flexibility index (Phi) is 5.75. The minimum absolute atomic E-state index is 0.0183. The Morgan fingerprint density at radius 2 is 1.84 bits per heavy atom. The lowest BCUT2D eigenvalue weighted by Crippen LogP contribution is -2.26. The molecule has 31 heavy (non-hydrogen) atoms. The first-order valence-corrected chi connectivity index (χ1v) is 10.5. The summed E-state index contributed by atoms with van der Waals surface area (Å²) in [5.74, 6) is 1.94. The van der Waals surface area contributed by atoms with Crippen molar-refractivity contribution in [3.63, 3.8) is 0 Å². The summed E-state index contributed by atoms with van der Waals surface area (Å²) in [4.78, 5) is 26.2. The molecule has 1 aromatic carbocycles. The van der Waals surface area contributed by atoms with Gasteiger partial charge in [-0.2, -0.15) is 0 Å². The number of imidazole rings is 2. The van der Waals surface area contributed by atoms with Gasteiger partial charge in [0.05, 0.1) is 17.8 Å². The lowest BCUT2D eigenvalue weighted by atomic mass is 10.2. The van der Waals surface area contributed by atoms with Crippen molar-refractivity contribution in [2.24, 2.45) is 7.05 Å². The minimum Gasteiger partial charge on any atom is -0.352 e. The number of hydrogen-bond donors (Lipinski definition) is 0. The van der Waals surface area contributed by atoms with Crippen LogP contribution in [0.1, 0.15) is 34.4 Å². The molecule has 0 saturated carbocycles. The first-order valence-electron chi connectivity index (χ1n) is 10.5. The van der Waals surface area contributed by atoms with Gasteiger partial charge < -0.3 is 14.4 Å². The van der Waals surface area contributed by atoms with Crippen LogP contribution in [0, 0.1) is 0 Å². The summed E-state index contributed by atoms with van der Waals surface area (Å²) in [6.45, 7) is 3.31. The number of hydrogen-bond acceptors (Lipinski definition) is 4. The lowest BCUT2D eigenvalue weighted by molar-refractivity contribution is 0.0784. The Bertz CT molecular complexity index is 1190. The molecule has 3 heterocycles. The summed E-state index contributed by atoms with van der Waals surface area (Å²) in [5, 5.41) is 0. The van der Waals surface area contributed by atoms with Crippen LogP contribution in [0.4, 0.5) is 5.82 Å². The van der Waals surface area contributed by atoms with Crippen molar-refractivity contribution in [2.75, 3.05) is 19.0 Å². The molecule has 0 spiro atoms. The molecule has 0 aliphatic carbocycles. The van der Waals surface area contributed by atoms with Crippen LogP contribution >= 0.6 is 0 Å². The molecule has 0 aliphatic rings. The monoisotopic (exact) mass is 416 g/mol. The number of benzene rings is 1. The van der Waals surface area contributed by atoms with Crippen molar-refractivity contribution in [1.29, 1.82) is 0 Å². The van der Waals surface area contributed by atoms with E-state index in [-0.39, 0.29) is 5.91 Å². The van der Waals surface area contributed by atoms with Crippen LogP contribution in [-0.4, -0.2) is 43.8 Å². The zero-order valence-electron chi connectivity index (χ0n) is 18.5. The number of carbonyl (C=O) groups is 1. The molecule has 0 unspecified atom stereocenters. The fourth-order valence-corrected chi connectivity index (χ4v) is 3.83. The van der Waals surface area contributed by atoms with E-state index in [1.54, 1.807) is 11.1 Å². The Morgan fingerprint density at radius 1 is 1.06 bits per heavy atom. The summed E-state index contributed by atoms with van der Waals surface area (Å²) in [5.41, 5.74) is 3.57. The van der Waals surface area contributed by atoms with Crippen LogP contribution < -0.4 is 4.90 Å². The highest BCUT2D eigenvalue weighted by Gasteiger charge is 2.19. The topological polar surface area (TPSA) is 58.7 Å². The normalized spacial score (nSPS) is 11.1. The number of rotatable bonds is 7. The molecule has 0 radical (unpaired) electrons. The Morgan fingerprint density at radius 3 is 2.52 bits per heavy atom. The average Bonchev–Trinajstić information content (AvgIpc) is 3.36. The Hall–Kier alpha value is -3.61. The molecule has 0 bridgehead atoms. The van der Waals surface area contributed by atoms with Gasteiger partial charge in [0.2, 0.25) is 0 Å². The molecule has 0 N–H and O–H groups in total. The quantitative estimate of drug-likeness (QED) is 0.462. The smallest absolute Gasteiger partial charge is 0.255 e. The van der Waals surface area contributed by atoms with E-state index < -0.39 is 0 Å². The summed E-state index contributed by atoms with van der Waals surface area (Å²) in [7, 11) is 5.86. The molecular formula is C24H28N6O. The van der Waals surface area contributed by atoms with Gasteiger partial charge in [0.1, 0.15) is 17.3 Å². The molecule has 160 valence electrons. The highest BCUT2D eigenvalue weighted by Crippen LogP contribution is 2.24. The maximum absolute atomic E-state index is 13.1. The van der Waals surface area contributed by atoms with Crippen molar-refractivity contribution in [2.45, 2.75) is 26.4 Å². The van der Waals surface area contributed by atoms with Gasteiger partial charge in [-0.05, 0) is 24.1 Å². The average molecular weight is 417 g/mol. The molecular weight excluding hydrogens is 388 g/mol. The van der Waals surface area contributed by atoms with Gasteiger partial charge in [0, 0.05) is 46.3 Å². The fraction of sp³-hybridized carbons (Fsp3) is 0.292. The summed E-state index contributed by atoms with van der Waals surface area (Å²) in [6, 6.07) is 13.8. The number of pyridine rings is 1. The van der Waals surface area contributed by atoms with Crippen molar-refractivity contribution < 1.29 is 4.79 Å². The van der Waals surface area contributed by atoms with Crippen molar-refractivity contribution in [3.8, 4) is 0 Å². The molecule has 0 fully saturated rings. The Balaban J connectivity index is 1.65. The second-order valence-corrected chi connectivity index (χ2v) is 7.84. The van der Waals surface area contributed by atoms with E-state index in [1.807, 2.05) is 85.0 Å². The first kappa shape index (κ1) is 20.7. The third kappa shape index (κ3) is 4.17. The number of fused-ring (bicyclic) bond motifs is 1. The standard InChI is InChI=1S/C24H28N6O/c1-5-20-23(28(3)17-22-25-13-14-27(22)2)30-16-19(11-12-21(30)26-20)24(31)29(4)15-18-9-7-6-8-10-18/h6-14,16H,5,15,17H2,1-4H3. The van der Waals surface area contributed by atoms with E-state index in [1.165, 1.54) is 0 Å². The molecule has 4 rings (SSSR count). The molecule has 3 aromatic heterocycles. The van der Waals surface area contributed by atoms with E-state index in [4.69, 9.17) is 4.98 Å². The number of aromatic nitrogens is 4. The largest absolute Gasteiger partial charge is 0.352 e. The van der Waals surface area contributed by atoms with Crippen molar-refractivity contribution in [1.82, 2.24) is 23.8 Å². The second kappa shape index (κ2) is 8.63. The van der Waals surface area contributed by atoms with E-state index in [2.05, 4.69) is 16.8 Å². The van der Waals surface area contributed by atoms with Crippen LogP contribution in [-0.2, 0) is 26.6 Å². The molecule has 0 saturated heterocycles. The molecule has 7 heteroatoms. The van der Waals surface area contributed by atoms with Crippen LogP contribution in [0.25, 0.3) is 5.65 Å². The van der Waals surface area contributed by atoms with E-state index in [0.29, 0.717) is 18.7 Å². The second-order valence-electron chi connectivity index (χ2n) is 7.84. The van der Waals surface area contributed by atoms with Crippen LogP contribution in [0.3, 0.4) is 0 Å². The maximum atomic E-state index is 13.1. The third-order valence-electron chi connectivity index (χ3n) is 5.52. The van der Waals surface area contributed by atoms with Crippen LogP contribution in [0.5, 0.6) is 0 Å². The zero-order valence-corrected chi connectivity index (χ0v) is 18.5. The molecule has 0 aliphatic heterocycles. The molecule has 1 amide bonds. The number of carbonyl (C=O) groups excluding carboxylic acids is 1. The summed E-state index contributed by atoms with van der Waals surface area (Å²) in [6.07, 6.45) is 6.45. The number of amides is 1. The molecule has 0 atom stereocenters. The van der Waals surface area contributed by atoms with Crippen LogP contribution in [0.15, 0.2) is 61.1 Å². The Labute approximate surface area is 182 Å². The summed E-state index contributed by atoms with van der Waals surface area (Å²) < 4.78 is 4.03. The van der Waals surface area contributed by atoms with Gasteiger partial charge in [0.25, 0.3) is 5.91 Å². The predicted octanol–water partition coefficient (Wildman–Crippen LogP) is 3.54. The van der Waals surface area contributed by atoms with Gasteiger partial charge >= 0.3 is 0 Å². The van der Waals surface area contributed by atoms with Gasteiger partial charge in [0.15, 0.2) is 0 Å². The highest BCUT2D eigenvalue weighted by molar-refractivity contribution is 5.94. The lowest BCUT2D eigenvalue weighted by Gasteiger charge is -2.21. The number of anilines is 1. The first-order chi connectivity index (χ1) is 15.0. The van der Waals surface area contributed by atoms with E-state index >= 15 is 0 Å². The van der Waals surface area contributed by atoms with Gasteiger partial charge in [-0.1, -0.05) is 37.3 Å². The SMILES string of the molecule is CCc1nc2ccc(C(=O)N(C)Cc3ccccc3)cn2c1N(C)Cc1nccn1C.